The molecule has 2 saturated heterocycles. The second-order valence-electron chi connectivity index (χ2n) is 9.46. The summed E-state index contributed by atoms with van der Waals surface area (Å²) in [4.78, 5) is 25.0. The minimum atomic E-state index is -0.393. The van der Waals surface area contributed by atoms with E-state index < -0.39 is 12.2 Å². The fraction of sp³-hybridized carbons (Fsp3) is 0.909. The van der Waals surface area contributed by atoms with Crippen molar-refractivity contribution in [3.05, 3.63) is 0 Å². The second kappa shape index (κ2) is 8.70. The molecule has 0 N–H and O–H groups in total. The lowest BCUT2D eigenvalue weighted by molar-refractivity contribution is -0.161. The van der Waals surface area contributed by atoms with Gasteiger partial charge in [0.1, 0.15) is 12.2 Å². The van der Waals surface area contributed by atoms with Crippen LogP contribution in [0, 0.1) is 23.7 Å². The Hall–Kier alpha value is -1.14. The van der Waals surface area contributed by atoms with Gasteiger partial charge < -0.3 is 18.9 Å². The van der Waals surface area contributed by atoms with E-state index in [1.807, 2.05) is 0 Å². The molecular weight excluding hydrogens is 360 g/mol. The first kappa shape index (κ1) is 20.1. The van der Waals surface area contributed by atoms with Crippen LogP contribution < -0.4 is 0 Å². The molecule has 0 aromatic carbocycles. The maximum atomic E-state index is 12.5. The van der Waals surface area contributed by atoms with Gasteiger partial charge in [-0.25, -0.2) is 0 Å². The Balaban J connectivity index is 1.26. The molecule has 28 heavy (non-hydrogen) atoms. The normalized spacial score (nSPS) is 43.4. The van der Waals surface area contributed by atoms with E-state index in [1.54, 1.807) is 0 Å². The summed E-state index contributed by atoms with van der Waals surface area (Å²) in [5.74, 6) is 1.15. The number of hydrogen-bond acceptors (Lipinski definition) is 6. The molecule has 0 amide bonds. The molecule has 4 rings (SSSR count). The highest BCUT2D eigenvalue weighted by Crippen LogP contribution is 2.35. The minimum absolute atomic E-state index is 0.000953. The third-order valence-electron chi connectivity index (χ3n) is 7.20. The zero-order valence-electron chi connectivity index (χ0n) is 17.1. The van der Waals surface area contributed by atoms with Gasteiger partial charge in [0.15, 0.2) is 12.2 Å². The van der Waals surface area contributed by atoms with Gasteiger partial charge in [0.05, 0.1) is 25.0 Å². The first-order valence-corrected chi connectivity index (χ1v) is 11.2. The molecular formula is C22H34O6. The van der Waals surface area contributed by atoms with Crippen LogP contribution in [0.3, 0.4) is 0 Å². The number of carbonyl (C=O) groups excluding carboxylic acids is 2. The van der Waals surface area contributed by atoms with Crippen molar-refractivity contribution in [3.63, 3.8) is 0 Å². The SMILES string of the molecule is CC1CCC(C(=O)OC2COC3C(OC(=O)C4CCC(C)CC4)COC23)CC1. The van der Waals surface area contributed by atoms with E-state index in [4.69, 9.17) is 18.9 Å². The lowest BCUT2D eigenvalue weighted by atomic mass is 9.83. The first-order chi connectivity index (χ1) is 13.5. The number of carbonyl (C=O) groups is 2. The maximum absolute atomic E-state index is 12.5. The summed E-state index contributed by atoms with van der Waals surface area (Å²) in [7, 11) is 0. The summed E-state index contributed by atoms with van der Waals surface area (Å²) >= 11 is 0. The van der Waals surface area contributed by atoms with Crippen molar-refractivity contribution in [1.82, 2.24) is 0 Å². The molecule has 2 aliphatic heterocycles. The molecule has 0 bridgehead atoms. The number of ether oxygens (including phenoxy) is 4. The molecule has 6 nitrogen and oxygen atoms in total. The van der Waals surface area contributed by atoms with Gasteiger partial charge in [0, 0.05) is 0 Å². The predicted molar refractivity (Wildman–Crippen MR) is 101 cm³/mol. The summed E-state index contributed by atoms with van der Waals surface area (Å²) in [6.07, 6.45) is 6.53. The molecule has 2 saturated carbocycles. The van der Waals surface area contributed by atoms with Gasteiger partial charge in [0.25, 0.3) is 0 Å². The number of rotatable bonds is 4. The zero-order chi connectivity index (χ0) is 19.7. The van der Waals surface area contributed by atoms with Gasteiger partial charge in [-0.1, -0.05) is 13.8 Å². The van der Waals surface area contributed by atoms with Gasteiger partial charge in [-0.05, 0) is 63.2 Å². The molecule has 4 atom stereocenters. The van der Waals surface area contributed by atoms with Crippen LogP contribution >= 0.6 is 0 Å². The van der Waals surface area contributed by atoms with Crippen LogP contribution in [0.4, 0.5) is 0 Å². The zero-order valence-corrected chi connectivity index (χ0v) is 17.1. The van der Waals surface area contributed by atoms with Gasteiger partial charge in [-0.2, -0.15) is 0 Å². The van der Waals surface area contributed by atoms with Crippen molar-refractivity contribution in [2.24, 2.45) is 23.7 Å². The van der Waals surface area contributed by atoms with Gasteiger partial charge in [0.2, 0.25) is 0 Å². The molecule has 0 spiro atoms. The average Bonchev–Trinajstić information content (AvgIpc) is 3.26. The maximum Gasteiger partial charge on any atom is 0.309 e. The number of hydrogen-bond donors (Lipinski definition) is 0. The van der Waals surface area contributed by atoms with Crippen LogP contribution in [0.25, 0.3) is 0 Å². The highest BCUT2D eigenvalue weighted by molar-refractivity contribution is 5.73. The second-order valence-corrected chi connectivity index (χ2v) is 9.46. The highest BCUT2D eigenvalue weighted by Gasteiger charge is 2.51. The Morgan fingerprint density at radius 1 is 0.643 bits per heavy atom. The highest BCUT2D eigenvalue weighted by atomic mass is 16.7. The van der Waals surface area contributed by atoms with Crippen molar-refractivity contribution in [3.8, 4) is 0 Å². The number of esters is 2. The Labute approximate surface area is 167 Å². The third-order valence-corrected chi connectivity index (χ3v) is 7.20. The summed E-state index contributed by atoms with van der Waals surface area (Å²) in [5, 5.41) is 0. The summed E-state index contributed by atoms with van der Waals surface area (Å²) < 4.78 is 23.2. The largest absolute Gasteiger partial charge is 0.457 e. The molecule has 4 aliphatic rings. The van der Waals surface area contributed by atoms with Crippen molar-refractivity contribution < 1.29 is 28.5 Å². The molecule has 0 aromatic rings. The Kier molecular flexibility index (Phi) is 6.26. The fourth-order valence-electron chi connectivity index (χ4n) is 5.11. The minimum Gasteiger partial charge on any atom is -0.457 e. The molecule has 4 fully saturated rings. The fourth-order valence-corrected chi connectivity index (χ4v) is 5.11. The topological polar surface area (TPSA) is 71.1 Å². The van der Waals surface area contributed by atoms with Crippen LogP contribution in [0.2, 0.25) is 0 Å². The Morgan fingerprint density at radius 3 is 1.36 bits per heavy atom. The molecule has 0 aromatic heterocycles. The molecule has 6 heteroatoms. The molecule has 2 heterocycles. The Bertz CT molecular complexity index is 511. The number of fused-ring (bicyclic) bond motifs is 1. The average molecular weight is 395 g/mol. The van der Waals surface area contributed by atoms with Crippen LogP contribution in [0.15, 0.2) is 0 Å². The van der Waals surface area contributed by atoms with Gasteiger partial charge in [-0.3, -0.25) is 9.59 Å². The first-order valence-electron chi connectivity index (χ1n) is 11.2. The molecule has 158 valence electrons. The standard InChI is InChI=1S/C22H34O6/c1-13-3-7-15(8-4-13)21(23)27-17-11-25-20-18(12-26-19(17)20)28-22(24)16-9-5-14(2)6-10-16/h13-20H,3-12H2,1-2H3. The van der Waals surface area contributed by atoms with Crippen LogP contribution in [0.5, 0.6) is 0 Å². The van der Waals surface area contributed by atoms with Gasteiger partial charge in [-0.15, -0.1) is 0 Å². The lowest BCUT2D eigenvalue weighted by Crippen LogP contribution is -2.38. The van der Waals surface area contributed by atoms with Crippen LogP contribution in [-0.4, -0.2) is 49.6 Å². The molecule has 2 aliphatic carbocycles. The predicted octanol–water partition coefficient (Wildman–Crippen LogP) is 3.26. The van der Waals surface area contributed by atoms with E-state index >= 15 is 0 Å². The lowest BCUT2D eigenvalue weighted by Gasteiger charge is -2.26. The van der Waals surface area contributed by atoms with Crippen molar-refractivity contribution in [2.45, 2.75) is 89.6 Å². The van der Waals surface area contributed by atoms with Crippen molar-refractivity contribution in [1.29, 1.82) is 0 Å². The van der Waals surface area contributed by atoms with E-state index in [0.29, 0.717) is 25.0 Å². The van der Waals surface area contributed by atoms with Crippen molar-refractivity contribution in [2.75, 3.05) is 13.2 Å². The third kappa shape index (κ3) is 4.38. The molecule has 0 radical (unpaired) electrons. The quantitative estimate of drug-likeness (QED) is 0.682. The van der Waals surface area contributed by atoms with E-state index in [2.05, 4.69) is 13.8 Å². The summed E-state index contributed by atoms with van der Waals surface area (Å²) in [6.45, 7) is 5.11. The monoisotopic (exact) mass is 394 g/mol. The summed E-state index contributed by atoms with van der Waals surface area (Å²) in [5.41, 5.74) is 0. The molecule has 4 unspecified atom stereocenters. The van der Waals surface area contributed by atoms with Crippen molar-refractivity contribution >= 4 is 11.9 Å². The van der Waals surface area contributed by atoms with Crippen LogP contribution in [-0.2, 0) is 28.5 Å². The summed E-state index contributed by atoms with van der Waals surface area (Å²) in [6, 6.07) is 0. The van der Waals surface area contributed by atoms with E-state index in [-0.39, 0.29) is 36.0 Å². The Morgan fingerprint density at radius 2 is 1.00 bits per heavy atom. The van der Waals surface area contributed by atoms with Gasteiger partial charge >= 0.3 is 11.9 Å². The van der Waals surface area contributed by atoms with Crippen LogP contribution in [0.1, 0.15) is 65.2 Å². The van der Waals surface area contributed by atoms with E-state index in [1.165, 1.54) is 0 Å². The smallest absolute Gasteiger partial charge is 0.309 e. The van der Waals surface area contributed by atoms with E-state index in [9.17, 15) is 9.59 Å². The van der Waals surface area contributed by atoms with E-state index in [0.717, 1.165) is 51.4 Å².